The van der Waals surface area contributed by atoms with Gasteiger partial charge in [0.15, 0.2) is 0 Å². The summed E-state index contributed by atoms with van der Waals surface area (Å²) in [5.74, 6) is -0.322. The van der Waals surface area contributed by atoms with Crippen LogP contribution in [-0.4, -0.2) is 23.5 Å². The molecule has 0 saturated heterocycles. The first-order chi connectivity index (χ1) is 5.02. The Morgan fingerprint density at radius 3 is 2.08 bits per heavy atom. The smallest absolute Gasteiger partial charge is 0.746 e. The van der Waals surface area contributed by atoms with Gasteiger partial charge < -0.3 is 9.66 Å². The van der Waals surface area contributed by atoms with Gasteiger partial charge >= 0.3 is 29.6 Å². The molecule has 0 amide bonds. The quantitative estimate of drug-likeness (QED) is 0.383. The van der Waals surface area contributed by atoms with Gasteiger partial charge in [0.25, 0.3) is 0 Å². The van der Waals surface area contributed by atoms with E-state index in [2.05, 4.69) is 0 Å². The minimum Gasteiger partial charge on any atom is -0.746 e. The standard InChI is InChI=1S/C6H12O4S.Na/c7-6(11(8,9)10)5-3-1-2-4-5;/h5-7H,1-4H2,(H,8,9,10);/q;+1/p-1. The molecule has 1 aliphatic rings. The summed E-state index contributed by atoms with van der Waals surface area (Å²) in [5.41, 5.74) is -1.68. The van der Waals surface area contributed by atoms with Crippen molar-refractivity contribution in [3.63, 3.8) is 0 Å². The van der Waals surface area contributed by atoms with E-state index in [0.29, 0.717) is 12.8 Å². The van der Waals surface area contributed by atoms with E-state index in [0.717, 1.165) is 12.8 Å². The zero-order valence-electron chi connectivity index (χ0n) is 7.06. The summed E-state index contributed by atoms with van der Waals surface area (Å²) in [7, 11) is -4.48. The Hall–Kier alpha value is 0.870. The Balaban J connectivity index is 0.00000121. The first-order valence-electron chi connectivity index (χ1n) is 3.64. The zero-order chi connectivity index (χ0) is 8.48. The third-order valence-electron chi connectivity index (χ3n) is 2.10. The predicted octanol–water partition coefficient (Wildman–Crippen LogP) is -2.96. The van der Waals surface area contributed by atoms with Crippen molar-refractivity contribution in [2.24, 2.45) is 5.92 Å². The molecule has 1 fully saturated rings. The number of hydrogen-bond acceptors (Lipinski definition) is 4. The fourth-order valence-corrected chi connectivity index (χ4v) is 2.22. The molecule has 4 nitrogen and oxygen atoms in total. The molecule has 1 rings (SSSR count). The van der Waals surface area contributed by atoms with Crippen LogP contribution in [0.15, 0.2) is 0 Å². The summed E-state index contributed by atoms with van der Waals surface area (Å²) in [6.45, 7) is 0. The van der Waals surface area contributed by atoms with Crippen molar-refractivity contribution in [3.05, 3.63) is 0 Å². The first kappa shape index (κ1) is 12.9. The van der Waals surface area contributed by atoms with Gasteiger partial charge in [0.2, 0.25) is 0 Å². The molecule has 0 aromatic heterocycles. The maximum atomic E-state index is 10.3. The normalized spacial score (nSPS) is 21.8. The third-order valence-corrected chi connectivity index (χ3v) is 3.08. The van der Waals surface area contributed by atoms with Gasteiger partial charge in [0, 0.05) is 0 Å². The monoisotopic (exact) mass is 202 g/mol. The molecule has 66 valence electrons. The molecule has 0 radical (unpaired) electrons. The Morgan fingerprint density at radius 1 is 1.33 bits per heavy atom. The van der Waals surface area contributed by atoms with E-state index in [9.17, 15) is 13.0 Å². The van der Waals surface area contributed by atoms with Crippen molar-refractivity contribution in [1.82, 2.24) is 0 Å². The summed E-state index contributed by atoms with van der Waals surface area (Å²) in [4.78, 5) is 0. The summed E-state index contributed by atoms with van der Waals surface area (Å²) >= 11 is 0. The van der Waals surface area contributed by atoms with E-state index >= 15 is 0 Å². The van der Waals surface area contributed by atoms with Crippen LogP contribution in [0, 0.1) is 5.92 Å². The van der Waals surface area contributed by atoms with Crippen molar-refractivity contribution in [2.45, 2.75) is 31.1 Å². The van der Waals surface area contributed by atoms with E-state index in [1.165, 1.54) is 0 Å². The molecule has 0 heterocycles. The van der Waals surface area contributed by atoms with Crippen LogP contribution in [0.5, 0.6) is 0 Å². The Morgan fingerprint density at radius 2 is 1.75 bits per heavy atom. The fourth-order valence-electron chi connectivity index (χ4n) is 1.48. The SMILES string of the molecule is O=S(=O)([O-])C(O)C1CCCC1.[Na+]. The summed E-state index contributed by atoms with van der Waals surface area (Å²) < 4.78 is 30.9. The number of hydrogen-bond donors (Lipinski definition) is 1. The van der Waals surface area contributed by atoms with Gasteiger partial charge in [-0.05, 0) is 18.8 Å². The van der Waals surface area contributed by atoms with Crippen LogP contribution < -0.4 is 29.6 Å². The van der Waals surface area contributed by atoms with Crippen LogP contribution in [0.2, 0.25) is 0 Å². The van der Waals surface area contributed by atoms with Gasteiger partial charge in [0.1, 0.15) is 15.6 Å². The van der Waals surface area contributed by atoms with Crippen LogP contribution >= 0.6 is 0 Å². The molecular weight excluding hydrogens is 191 g/mol. The molecular formula is C6H11NaO4S. The Labute approximate surface area is 94.4 Å². The zero-order valence-corrected chi connectivity index (χ0v) is 9.88. The van der Waals surface area contributed by atoms with Crippen molar-refractivity contribution >= 4 is 10.1 Å². The van der Waals surface area contributed by atoms with E-state index in [1.54, 1.807) is 0 Å². The van der Waals surface area contributed by atoms with Crippen LogP contribution in [-0.2, 0) is 10.1 Å². The molecule has 0 aliphatic heterocycles. The fraction of sp³-hybridized carbons (Fsp3) is 1.00. The molecule has 12 heavy (non-hydrogen) atoms. The van der Waals surface area contributed by atoms with Crippen molar-refractivity contribution in [2.75, 3.05) is 0 Å². The van der Waals surface area contributed by atoms with Gasteiger partial charge in [-0.2, -0.15) is 0 Å². The maximum Gasteiger partial charge on any atom is 1.00 e. The van der Waals surface area contributed by atoms with Crippen LogP contribution in [0.4, 0.5) is 0 Å². The molecule has 1 N–H and O–H groups in total. The Bertz CT molecular complexity index is 220. The maximum absolute atomic E-state index is 10.3. The molecule has 0 aromatic carbocycles. The third kappa shape index (κ3) is 3.32. The van der Waals surface area contributed by atoms with E-state index in [1.807, 2.05) is 0 Å². The second-order valence-corrected chi connectivity index (χ2v) is 4.40. The topological polar surface area (TPSA) is 77.4 Å². The minimum absolute atomic E-state index is 0. The summed E-state index contributed by atoms with van der Waals surface area (Å²) in [6, 6.07) is 0. The van der Waals surface area contributed by atoms with E-state index < -0.39 is 15.6 Å². The number of aliphatic hydroxyl groups is 1. The second-order valence-electron chi connectivity index (χ2n) is 2.93. The summed E-state index contributed by atoms with van der Waals surface area (Å²) in [6.07, 6.45) is 3.14. The van der Waals surface area contributed by atoms with Crippen molar-refractivity contribution < 1.29 is 47.6 Å². The first-order valence-corrected chi connectivity index (χ1v) is 5.12. The minimum atomic E-state index is -4.48. The van der Waals surface area contributed by atoms with Gasteiger partial charge in [0.05, 0.1) is 0 Å². The van der Waals surface area contributed by atoms with Crippen LogP contribution in [0.3, 0.4) is 0 Å². The van der Waals surface area contributed by atoms with E-state index in [-0.39, 0.29) is 35.5 Å². The van der Waals surface area contributed by atoms with Crippen LogP contribution in [0.1, 0.15) is 25.7 Å². The number of aliphatic hydroxyl groups excluding tert-OH is 1. The van der Waals surface area contributed by atoms with Gasteiger partial charge in [-0.3, -0.25) is 0 Å². The van der Waals surface area contributed by atoms with Crippen molar-refractivity contribution in [3.8, 4) is 0 Å². The Kier molecular flexibility index (Phi) is 5.29. The van der Waals surface area contributed by atoms with Crippen LogP contribution in [0.25, 0.3) is 0 Å². The average Bonchev–Trinajstić information content (AvgIpc) is 2.34. The molecule has 0 aromatic rings. The van der Waals surface area contributed by atoms with Gasteiger partial charge in [-0.1, -0.05) is 12.8 Å². The second kappa shape index (κ2) is 4.93. The molecule has 0 spiro atoms. The molecule has 1 atom stereocenters. The molecule has 1 aliphatic carbocycles. The summed E-state index contributed by atoms with van der Waals surface area (Å²) in [5, 5.41) is 8.98. The number of rotatable bonds is 2. The average molecular weight is 202 g/mol. The molecule has 1 unspecified atom stereocenters. The van der Waals surface area contributed by atoms with E-state index in [4.69, 9.17) is 5.11 Å². The van der Waals surface area contributed by atoms with Crippen molar-refractivity contribution in [1.29, 1.82) is 0 Å². The van der Waals surface area contributed by atoms with Gasteiger partial charge in [-0.25, -0.2) is 8.42 Å². The van der Waals surface area contributed by atoms with Gasteiger partial charge in [-0.15, -0.1) is 0 Å². The predicted molar refractivity (Wildman–Crippen MR) is 37.7 cm³/mol. The largest absolute Gasteiger partial charge is 1.00 e. The molecule has 0 bridgehead atoms. The molecule has 1 saturated carbocycles. The molecule has 6 heteroatoms.